The Kier molecular flexibility index (Phi) is 36.9. The summed E-state index contributed by atoms with van der Waals surface area (Å²) in [6.07, 6.45) is 0. The van der Waals surface area contributed by atoms with Gasteiger partial charge in [0.25, 0.3) is 0 Å². The minimum absolute atomic E-state index is 0. The molecule has 0 saturated carbocycles. The molecule has 0 fully saturated rings. The van der Waals surface area contributed by atoms with E-state index in [-0.39, 0.29) is 172 Å². The number of fused-ring (bicyclic) bond motifs is 1. The molecule has 43 heteroatoms. The molecule has 0 bridgehead atoms. The number of halogens is 2. The Morgan fingerprint density at radius 1 is 0.662 bits per heavy atom. The van der Waals surface area contributed by atoms with Crippen LogP contribution in [0.3, 0.4) is 0 Å². The zero-order chi connectivity index (χ0) is 49.8. The van der Waals surface area contributed by atoms with Gasteiger partial charge in [0, 0.05) is 12.1 Å². The molecule has 71 heavy (non-hydrogen) atoms. The van der Waals surface area contributed by atoms with Crippen LogP contribution in [0.5, 0.6) is 17.2 Å². The van der Waals surface area contributed by atoms with E-state index < -0.39 is 156 Å². The minimum atomic E-state index is -5.56. The number of phenols is 1. The number of nitrogens with two attached hydrogens (primary N) is 1. The molecule has 0 atom stereocenters. The van der Waals surface area contributed by atoms with Crippen molar-refractivity contribution in [2.24, 2.45) is 20.5 Å². The Labute approximate surface area is 536 Å². The van der Waals surface area contributed by atoms with Gasteiger partial charge >= 0.3 is 148 Å². The molecular formula is C28H24FIN5Na5O24S7. The summed E-state index contributed by atoms with van der Waals surface area (Å²) in [5.41, 5.74) is 2.47. The number of hydrogen-bond donors (Lipinski definition) is 2. The van der Waals surface area contributed by atoms with Crippen LogP contribution in [0.1, 0.15) is 0 Å². The zero-order valence-electron chi connectivity index (χ0n) is 37.2. The molecule has 0 spiro atoms. The fourth-order valence-corrected chi connectivity index (χ4v) is 9.99. The summed E-state index contributed by atoms with van der Waals surface area (Å²) in [4.78, 5) is -4.26. The van der Waals surface area contributed by atoms with Crippen molar-refractivity contribution >= 4 is 137 Å². The molecule has 4 rings (SSSR count). The quantitative estimate of drug-likeness (QED) is 0.00665. The number of aromatic hydroxyl groups is 1. The summed E-state index contributed by atoms with van der Waals surface area (Å²) in [5, 5.41) is 52.4. The SMILES string of the molecule is COc1cc(S(=O)(=O)CCOS(=O)(=O)[O-])c(OC)cc1N=Nc1c(S(=O)(=O)[O-])cc2cc(SOO[O-])c(N=Nc3ccc(S(=O)(=O)CCOSOO[O-])cc3S(=O)(=O)[O-])c(O)c2c1N.FI.[Na+].[Na+].[Na+].[Na+].[Na+]. The smallest absolute Gasteiger partial charge is 0.744 e. The molecule has 0 radical (unpaired) electrons. The summed E-state index contributed by atoms with van der Waals surface area (Å²) in [7, 11) is -23.2. The first-order chi connectivity index (χ1) is 30.8. The first-order valence-electron chi connectivity index (χ1n) is 16.1. The van der Waals surface area contributed by atoms with Crippen LogP contribution in [0.25, 0.3) is 10.8 Å². The van der Waals surface area contributed by atoms with E-state index >= 15 is 0 Å². The number of ether oxygens (including phenoxy) is 2. The molecule has 0 saturated heterocycles. The number of azo groups is 2. The maximum absolute atomic E-state index is 13.0. The Morgan fingerprint density at radius 2 is 1.21 bits per heavy atom. The molecule has 4 aromatic rings. The molecule has 0 aliphatic carbocycles. The largest absolute Gasteiger partial charge is 1.00 e. The van der Waals surface area contributed by atoms with Crippen molar-refractivity contribution in [1.82, 2.24) is 0 Å². The van der Waals surface area contributed by atoms with Gasteiger partial charge in [-0.2, -0.15) is 7.19 Å². The third-order valence-electron chi connectivity index (χ3n) is 7.73. The Morgan fingerprint density at radius 3 is 1.75 bits per heavy atom. The molecule has 0 aliphatic rings. The van der Waals surface area contributed by atoms with Crippen molar-refractivity contribution in [1.29, 1.82) is 0 Å². The van der Waals surface area contributed by atoms with Gasteiger partial charge in [-0.1, -0.05) is 0 Å². The van der Waals surface area contributed by atoms with Gasteiger partial charge in [-0.05, 0) is 35.7 Å². The zero-order valence-corrected chi connectivity index (χ0v) is 55.1. The van der Waals surface area contributed by atoms with Gasteiger partial charge in [0.2, 0.25) is 10.4 Å². The number of nitrogen functional groups attached to an aromatic ring is 1. The summed E-state index contributed by atoms with van der Waals surface area (Å²) in [6.45, 7) is -1.70. The van der Waals surface area contributed by atoms with Crippen LogP contribution in [0.15, 0.2) is 87.4 Å². The van der Waals surface area contributed by atoms with Crippen LogP contribution in [0.4, 0.5) is 31.3 Å². The number of rotatable bonds is 23. The van der Waals surface area contributed by atoms with E-state index in [4.69, 9.17) is 15.2 Å². The third-order valence-corrected chi connectivity index (χ3v) is 14.3. The van der Waals surface area contributed by atoms with Crippen LogP contribution < -0.4 is 174 Å². The molecule has 0 amide bonds. The Hall–Kier alpha value is 1.21. The summed E-state index contributed by atoms with van der Waals surface area (Å²) in [5.74, 6) is -3.82. The number of nitrogens with zero attached hydrogens (tertiary/aromatic N) is 4. The maximum atomic E-state index is 13.0. The number of anilines is 1. The first kappa shape index (κ1) is 76.4. The van der Waals surface area contributed by atoms with E-state index in [2.05, 4.69) is 47.6 Å². The monoisotopic (exact) mass is 1300 g/mol. The molecule has 0 aliphatic heterocycles. The van der Waals surface area contributed by atoms with E-state index in [1.54, 1.807) is 0 Å². The predicted molar refractivity (Wildman–Crippen MR) is 219 cm³/mol. The van der Waals surface area contributed by atoms with Crippen LogP contribution in [-0.2, 0) is 77.4 Å². The topological polar surface area (TPSA) is 456 Å². The average molecular weight is 1300 g/mol. The van der Waals surface area contributed by atoms with E-state index in [0.29, 0.717) is 35.3 Å². The second-order valence-electron chi connectivity index (χ2n) is 11.5. The fourth-order valence-electron chi connectivity index (χ4n) is 5.05. The second kappa shape index (κ2) is 34.3. The third kappa shape index (κ3) is 22.1. The van der Waals surface area contributed by atoms with Crippen LogP contribution >= 0.6 is 47.5 Å². The number of benzene rings is 4. The van der Waals surface area contributed by atoms with E-state index in [0.717, 1.165) is 44.6 Å². The number of methoxy groups -OCH3 is 2. The van der Waals surface area contributed by atoms with E-state index in [1.807, 2.05) is 0 Å². The number of phenolic OH excluding ortho intramolecular Hbond substituents is 1. The van der Waals surface area contributed by atoms with Crippen LogP contribution in [0.2, 0.25) is 0 Å². The molecule has 29 nitrogen and oxygen atoms in total. The van der Waals surface area contributed by atoms with Crippen molar-refractivity contribution in [2.75, 3.05) is 44.7 Å². The molecule has 4 aromatic carbocycles. The Balaban J connectivity index is -0.00000652. The molecular weight excluding hydrogens is 1280 g/mol. The second-order valence-corrected chi connectivity index (χ2v) is 20.7. The average Bonchev–Trinajstić information content (AvgIpc) is 3.23. The van der Waals surface area contributed by atoms with Gasteiger partial charge in [-0.25, -0.2) is 42.1 Å². The van der Waals surface area contributed by atoms with Crippen LogP contribution in [0, 0.1) is 0 Å². The summed E-state index contributed by atoms with van der Waals surface area (Å²) in [6, 6.07) is 5.25. The fraction of sp³-hybridized carbons (Fsp3) is 0.214. The van der Waals surface area contributed by atoms with E-state index in [9.17, 15) is 74.2 Å². The van der Waals surface area contributed by atoms with Gasteiger partial charge < -0.3 is 44.5 Å². The minimum Gasteiger partial charge on any atom is -0.744 e. The predicted octanol–water partition coefficient (Wildman–Crippen LogP) is -12.8. The van der Waals surface area contributed by atoms with Gasteiger partial charge in [0.05, 0.1) is 81.6 Å². The molecule has 0 aromatic heterocycles. The first-order valence-corrected chi connectivity index (χ1v) is 25.8. The summed E-state index contributed by atoms with van der Waals surface area (Å²) < 4.78 is 195. The van der Waals surface area contributed by atoms with E-state index in [1.165, 1.54) is 0 Å². The Bertz CT molecular complexity index is 3080. The standard InChI is InChI=1S/C28H29N5O24S7.FI.5Na/c1-50-18-13-22(61(39,40)8-6-53-64(47,48)49)19(51-2)12-17(18)31-33-27-23(63(44,45)46)10-14-9-20(58-56-54-35)26(28(34)24(14)25(27)29)32-30-16-4-3-15(11-21(16)62(41,42)43)60(37,38)7-5-52-59-57-55-36;1-2;;;;;/h3-4,9-13,34-36H,5-8,29H2,1-2H3,(H,41,42,43)(H,44,45,46)(H,47,48,49);;;;;;/q;;5*+1/p-5. The van der Waals surface area contributed by atoms with Crippen molar-refractivity contribution < 1.29 is 259 Å². The maximum Gasteiger partial charge on any atom is 1.00 e. The van der Waals surface area contributed by atoms with Crippen molar-refractivity contribution in [2.45, 2.75) is 24.5 Å². The molecule has 366 valence electrons. The normalized spacial score (nSPS) is 11.8. The molecule has 3 N–H and O–H groups in total. The molecule has 0 unspecified atom stereocenters. The van der Waals surface area contributed by atoms with Gasteiger partial charge in [-0.15, -0.1) is 24.8 Å². The summed E-state index contributed by atoms with van der Waals surface area (Å²) >= 11 is 0.641. The van der Waals surface area contributed by atoms with Gasteiger partial charge in [-0.3, -0.25) is 18.4 Å². The van der Waals surface area contributed by atoms with Crippen molar-refractivity contribution in [3.63, 3.8) is 0 Å². The number of hydrogen-bond acceptors (Lipinski definition) is 31. The van der Waals surface area contributed by atoms with Crippen molar-refractivity contribution in [3.8, 4) is 17.2 Å². The van der Waals surface area contributed by atoms with Gasteiger partial charge in [0.1, 0.15) is 59.4 Å². The molecule has 0 heterocycles. The number of sulfone groups is 2. The van der Waals surface area contributed by atoms with Crippen LogP contribution in [-0.4, -0.2) is 99.8 Å². The van der Waals surface area contributed by atoms with Gasteiger partial charge in [0.15, 0.2) is 60.9 Å². The van der Waals surface area contributed by atoms with Crippen molar-refractivity contribution in [3.05, 3.63) is 42.5 Å².